The minimum atomic E-state index is -3.67. The Morgan fingerprint density at radius 3 is 2.43 bits per heavy atom. The molecule has 1 unspecified atom stereocenters. The van der Waals surface area contributed by atoms with E-state index < -0.39 is 16.0 Å². The van der Waals surface area contributed by atoms with Gasteiger partial charge in [-0.25, -0.2) is 13.2 Å². The highest BCUT2D eigenvalue weighted by molar-refractivity contribution is 7.89. The lowest BCUT2D eigenvalue weighted by Gasteiger charge is -2.20. The Morgan fingerprint density at radius 1 is 1.38 bits per heavy atom. The molecule has 118 valence electrons. The molecule has 0 bridgehead atoms. The van der Waals surface area contributed by atoms with Crippen molar-refractivity contribution in [1.82, 2.24) is 14.2 Å². The van der Waals surface area contributed by atoms with Crippen molar-refractivity contribution in [1.29, 1.82) is 0 Å². The summed E-state index contributed by atoms with van der Waals surface area (Å²) in [6.45, 7) is 4.00. The van der Waals surface area contributed by atoms with Gasteiger partial charge in [0.05, 0.1) is 0 Å². The summed E-state index contributed by atoms with van der Waals surface area (Å²) >= 11 is 0. The lowest BCUT2D eigenvalue weighted by molar-refractivity contribution is 0.0690. The average molecular weight is 315 g/mol. The Morgan fingerprint density at radius 2 is 2.00 bits per heavy atom. The second-order valence-electron chi connectivity index (χ2n) is 5.65. The van der Waals surface area contributed by atoms with Crippen LogP contribution in [-0.2, 0) is 10.0 Å². The van der Waals surface area contributed by atoms with Crippen LogP contribution < -0.4 is 0 Å². The van der Waals surface area contributed by atoms with Crippen LogP contribution in [0.4, 0.5) is 0 Å². The molecule has 2 N–H and O–H groups in total. The van der Waals surface area contributed by atoms with Gasteiger partial charge in [-0.1, -0.05) is 0 Å². The smallest absolute Gasteiger partial charge is 0.352 e. The molecule has 1 fully saturated rings. The highest BCUT2D eigenvalue weighted by Gasteiger charge is 2.36. The molecular weight excluding hydrogens is 294 g/mol. The molecule has 1 aromatic rings. The number of carboxylic acid groups (broad SMARTS) is 1. The topological polar surface area (TPSA) is 93.7 Å². The molecule has 0 spiro atoms. The van der Waals surface area contributed by atoms with E-state index in [-0.39, 0.29) is 22.2 Å². The van der Waals surface area contributed by atoms with Crippen molar-refractivity contribution in [3.05, 3.63) is 17.0 Å². The molecule has 0 radical (unpaired) electrons. The van der Waals surface area contributed by atoms with Crippen LogP contribution in [0.3, 0.4) is 0 Å². The molecule has 1 atom stereocenters. The first-order chi connectivity index (χ1) is 9.66. The van der Waals surface area contributed by atoms with Crippen molar-refractivity contribution < 1.29 is 18.3 Å². The second-order valence-corrected chi connectivity index (χ2v) is 7.53. The Hall–Kier alpha value is -1.38. The summed E-state index contributed by atoms with van der Waals surface area (Å²) in [6, 6.07) is 0.193. The largest absolute Gasteiger partial charge is 0.477 e. The maximum absolute atomic E-state index is 12.8. The van der Waals surface area contributed by atoms with E-state index in [1.54, 1.807) is 6.92 Å². The van der Waals surface area contributed by atoms with Crippen molar-refractivity contribution >= 4 is 16.0 Å². The van der Waals surface area contributed by atoms with Gasteiger partial charge in [0, 0.05) is 30.4 Å². The molecule has 7 nitrogen and oxygen atoms in total. The van der Waals surface area contributed by atoms with Gasteiger partial charge in [0.1, 0.15) is 10.6 Å². The van der Waals surface area contributed by atoms with Crippen LogP contribution in [0.15, 0.2) is 4.90 Å². The predicted octanol–water partition coefficient (Wildman–Crippen LogP) is 0.654. The number of aryl methyl sites for hydroxylation is 1. The van der Waals surface area contributed by atoms with E-state index in [4.69, 9.17) is 5.11 Å². The van der Waals surface area contributed by atoms with E-state index in [9.17, 15) is 13.2 Å². The zero-order valence-electron chi connectivity index (χ0n) is 12.7. The first-order valence-electron chi connectivity index (χ1n) is 6.75. The molecule has 1 aromatic heterocycles. The molecule has 0 saturated carbocycles. The van der Waals surface area contributed by atoms with Gasteiger partial charge >= 0.3 is 5.97 Å². The summed E-state index contributed by atoms with van der Waals surface area (Å²) in [6.07, 6.45) is 0.778. The number of H-pyrrole nitrogens is 1. The molecule has 1 aliphatic heterocycles. The minimum absolute atomic E-state index is 0.0607. The van der Waals surface area contributed by atoms with Crippen molar-refractivity contribution in [3.8, 4) is 0 Å². The third kappa shape index (κ3) is 2.70. The zero-order valence-corrected chi connectivity index (χ0v) is 13.5. The number of hydrogen-bond acceptors (Lipinski definition) is 4. The summed E-state index contributed by atoms with van der Waals surface area (Å²) in [7, 11) is 0.186. The highest BCUT2D eigenvalue weighted by atomic mass is 32.2. The Kier molecular flexibility index (Phi) is 4.14. The maximum Gasteiger partial charge on any atom is 0.352 e. The summed E-state index contributed by atoms with van der Waals surface area (Å²) in [4.78, 5) is 15.9. The van der Waals surface area contributed by atoms with Gasteiger partial charge in [-0.15, -0.1) is 0 Å². The van der Waals surface area contributed by atoms with Crippen molar-refractivity contribution in [2.45, 2.75) is 31.2 Å². The number of rotatable bonds is 4. The second kappa shape index (κ2) is 5.43. The van der Waals surface area contributed by atoms with Gasteiger partial charge < -0.3 is 15.0 Å². The number of aromatic nitrogens is 1. The zero-order chi connectivity index (χ0) is 15.9. The van der Waals surface area contributed by atoms with Gasteiger partial charge in [-0.2, -0.15) is 4.31 Å². The fraction of sp³-hybridized carbons (Fsp3) is 0.615. The van der Waals surface area contributed by atoms with Crippen molar-refractivity contribution in [2.75, 3.05) is 27.2 Å². The molecule has 8 heteroatoms. The summed E-state index contributed by atoms with van der Waals surface area (Å²) in [5.74, 6) is -1.15. The summed E-state index contributed by atoms with van der Waals surface area (Å²) in [5, 5.41) is 9.10. The first kappa shape index (κ1) is 16.0. The number of nitrogens with zero attached hydrogens (tertiary/aromatic N) is 2. The quantitative estimate of drug-likeness (QED) is 0.851. The normalized spacial score (nSPS) is 20.3. The Bertz CT molecular complexity index is 663. The van der Waals surface area contributed by atoms with E-state index >= 15 is 0 Å². The van der Waals surface area contributed by atoms with Crippen LogP contribution in [0.2, 0.25) is 0 Å². The summed E-state index contributed by atoms with van der Waals surface area (Å²) in [5.41, 5.74) is 0.584. The van der Waals surface area contributed by atoms with Crippen molar-refractivity contribution in [2.24, 2.45) is 0 Å². The summed E-state index contributed by atoms with van der Waals surface area (Å²) < 4.78 is 27.0. The highest BCUT2D eigenvalue weighted by Crippen LogP contribution is 2.29. The van der Waals surface area contributed by atoms with Crippen molar-refractivity contribution in [3.63, 3.8) is 0 Å². The number of carbonyl (C=O) groups is 1. The minimum Gasteiger partial charge on any atom is -0.477 e. The SMILES string of the molecule is Cc1[nH]c(C(=O)O)c(C)c1S(=O)(=O)N1CCC(N(C)C)C1. The lowest BCUT2D eigenvalue weighted by Crippen LogP contribution is -2.34. The van der Waals surface area contributed by atoms with Gasteiger partial charge in [0.25, 0.3) is 0 Å². The number of carboxylic acids is 1. The fourth-order valence-electron chi connectivity index (χ4n) is 2.81. The molecule has 1 saturated heterocycles. The van der Waals surface area contributed by atoms with Crippen LogP contribution in [0.1, 0.15) is 28.2 Å². The Balaban J connectivity index is 2.40. The van der Waals surface area contributed by atoms with Crippen LogP contribution in [-0.4, -0.2) is 66.9 Å². The first-order valence-corrected chi connectivity index (χ1v) is 8.19. The number of hydrogen-bond donors (Lipinski definition) is 2. The van der Waals surface area contributed by atoms with E-state index in [0.717, 1.165) is 6.42 Å². The van der Waals surface area contributed by atoms with Crippen LogP contribution in [0.5, 0.6) is 0 Å². The molecule has 21 heavy (non-hydrogen) atoms. The van der Waals surface area contributed by atoms with E-state index in [0.29, 0.717) is 18.8 Å². The third-order valence-corrected chi connectivity index (χ3v) is 6.18. The van der Waals surface area contributed by atoms with E-state index in [2.05, 4.69) is 4.98 Å². The molecule has 2 heterocycles. The van der Waals surface area contributed by atoms with Crippen LogP contribution >= 0.6 is 0 Å². The number of aromatic amines is 1. The van der Waals surface area contributed by atoms with Gasteiger partial charge in [0.2, 0.25) is 10.0 Å². The van der Waals surface area contributed by atoms with Gasteiger partial charge in [0.15, 0.2) is 0 Å². The van der Waals surface area contributed by atoms with Gasteiger partial charge in [-0.3, -0.25) is 0 Å². The molecule has 0 amide bonds. The number of sulfonamides is 1. The number of likely N-dealkylation sites (N-methyl/N-ethyl adjacent to an activating group) is 1. The molecule has 2 rings (SSSR count). The number of aromatic carboxylic acids is 1. The molecular formula is C13H21N3O4S. The predicted molar refractivity (Wildman–Crippen MR) is 78.1 cm³/mol. The maximum atomic E-state index is 12.8. The Labute approximate surface area is 124 Å². The van der Waals surface area contributed by atoms with E-state index in [1.807, 2.05) is 19.0 Å². The third-order valence-electron chi connectivity index (χ3n) is 4.04. The molecule has 0 aromatic carbocycles. The molecule has 0 aliphatic carbocycles. The van der Waals surface area contributed by atoms with E-state index in [1.165, 1.54) is 11.2 Å². The number of nitrogens with one attached hydrogen (secondary N) is 1. The standard InChI is InChI=1S/C13H21N3O4S/c1-8-11(13(17)18)14-9(2)12(8)21(19,20)16-6-5-10(7-16)15(3)4/h10,14H,5-7H2,1-4H3,(H,17,18). The fourth-order valence-corrected chi connectivity index (χ4v) is 4.71. The van der Waals surface area contributed by atoms with Crippen LogP contribution in [0, 0.1) is 13.8 Å². The van der Waals surface area contributed by atoms with Gasteiger partial charge in [-0.05, 0) is 34.4 Å². The van der Waals surface area contributed by atoms with Crippen LogP contribution in [0.25, 0.3) is 0 Å². The molecule has 1 aliphatic rings. The monoisotopic (exact) mass is 315 g/mol. The average Bonchev–Trinajstić information content (AvgIpc) is 2.94. The lowest BCUT2D eigenvalue weighted by atomic mass is 10.2.